The zero-order valence-corrected chi connectivity index (χ0v) is 13.3. The van der Waals surface area contributed by atoms with Crippen molar-refractivity contribution in [3.63, 3.8) is 0 Å². The Kier molecular flexibility index (Phi) is 5.08. The second-order valence-electron chi connectivity index (χ2n) is 6.39. The number of hydrogen-bond donors (Lipinski definition) is 2. The quantitative estimate of drug-likeness (QED) is 0.857. The van der Waals surface area contributed by atoms with Crippen molar-refractivity contribution in [2.75, 3.05) is 0 Å². The fourth-order valence-corrected chi connectivity index (χ4v) is 3.18. The summed E-state index contributed by atoms with van der Waals surface area (Å²) in [6.45, 7) is 1.39. The molecule has 5 heteroatoms. The summed E-state index contributed by atoms with van der Waals surface area (Å²) in [4.78, 5) is 16.1. The largest absolute Gasteiger partial charge is 0.352 e. The predicted molar refractivity (Wildman–Crippen MR) is 89.6 cm³/mol. The van der Waals surface area contributed by atoms with E-state index < -0.39 is 0 Å². The molecule has 3 N–H and O–H groups in total. The number of rotatable bonds is 6. The molecule has 5 nitrogen and oxygen atoms in total. The monoisotopic (exact) mass is 312 g/mol. The molecule has 1 fully saturated rings. The van der Waals surface area contributed by atoms with Crippen LogP contribution in [0.3, 0.4) is 0 Å². The van der Waals surface area contributed by atoms with Gasteiger partial charge in [-0.25, -0.2) is 4.98 Å². The molecule has 0 saturated heterocycles. The molecule has 1 amide bonds. The van der Waals surface area contributed by atoms with E-state index in [1.807, 2.05) is 17.1 Å². The van der Waals surface area contributed by atoms with Crippen LogP contribution in [0.25, 0.3) is 0 Å². The van der Waals surface area contributed by atoms with Crippen LogP contribution in [0.5, 0.6) is 0 Å². The van der Waals surface area contributed by atoms with E-state index in [1.54, 1.807) is 6.20 Å². The summed E-state index contributed by atoms with van der Waals surface area (Å²) in [7, 11) is 0. The van der Waals surface area contributed by atoms with Gasteiger partial charge in [0, 0.05) is 37.9 Å². The first kappa shape index (κ1) is 15.7. The Morgan fingerprint density at radius 1 is 1.26 bits per heavy atom. The lowest BCUT2D eigenvalue weighted by Gasteiger charge is -2.14. The SMILES string of the molecule is N[C@@H]1CCC[C@H]1CC(=O)NCc1ccc(Cn2ccnc2)cc1. The molecule has 1 saturated carbocycles. The average molecular weight is 312 g/mol. The summed E-state index contributed by atoms with van der Waals surface area (Å²) >= 11 is 0. The molecule has 1 heterocycles. The van der Waals surface area contributed by atoms with Crippen LogP contribution in [0, 0.1) is 5.92 Å². The van der Waals surface area contributed by atoms with E-state index in [9.17, 15) is 4.79 Å². The highest BCUT2D eigenvalue weighted by Gasteiger charge is 2.25. The number of carbonyl (C=O) groups is 1. The highest BCUT2D eigenvalue weighted by Crippen LogP contribution is 2.26. The topological polar surface area (TPSA) is 72.9 Å². The van der Waals surface area contributed by atoms with E-state index in [0.717, 1.165) is 31.4 Å². The molecule has 0 unspecified atom stereocenters. The first-order valence-electron chi connectivity index (χ1n) is 8.26. The number of imidazole rings is 1. The van der Waals surface area contributed by atoms with Crippen LogP contribution < -0.4 is 11.1 Å². The summed E-state index contributed by atoms with van der Waals surface area (Å²) in [6.07, 6.45) is 9.37. The van der Waals surface area contributed by atoms with E-state index in [-0.39, 0.29) is 11.9 Å². The molecule has 0 aliphatic heterocycles. The van der Waals surface area contributed by atoms with Gasteiger partial charge in [0.1, 0.15) is 0 Å². The van der Waals surface area contributed by atoms with Crippen molar-refractivity contribution in [2.45, 2.75) is 44.8 Å². The van der Waals surface area contributed by atoms with Crippen LogP contribution in [-0.4, -0.2) is 21.5 Å². The van der Waals surface area contributed by atoms with Gasteiger partial charge in [-0.05, 0) is 29.9 Å². The Morgan fingerprint density at radius 3 is 2.70 bits per heavy atom. The fraction of sp³-hybridized carbons (Fsp3) is 0.444. The average Bonchev–Trinajstić information content (AvgIpc) is 3.19. The molecule has 1 aromatic heterocycles. The van der Waals surface area contributed by atoms with Crippen molar-refractivity contribution in [3.8, 4) is 0 Å². The maximum absolute atomic E-state index is 12.0. The van der Waals surface area contributed by atoms with Gasteiger partial charge in [0.15, 0.2) is 0 Å². The van der Waals surface area contributed by atoms with E-state index >= 15 is 0 Å². The molecule has 2 aromatic rings. The predicted octanol–water partition coefficient (Wildman–Crippen LogP) is 2.07. The van der Waals surface area contributed by atoms with Gasteiger partial charge in [-0.1, -0.05) is 30.7 Å². The number of aromatic nitrogens is 2. The van der Waals surface area contributed by atoms with Crippen molar-refractivity contribution in [1.82, 2.24) is 14.9 Å². The molecule has 1 aromatic carbocycles. The molecule has 0 spiro atoms. The molecule has 3 rings (SSSR count). The Hall–Kier alpha value is -2.14. The van der Waals surface area contributed by atoms with Gasteiger partial charge in [0.25, 0.3) is 0 Å². The Labute approximate surface area is 136 Å². The van der Waals surface area contributed by atoms with E-state index in [4.69, 9.17) is 5.73 Å². The molecular formula is C18H24N4O. The van der Waals surface area contributed by atoms with Crippen molar-refractivity contribution in [3.05, 3.63) is 54.1 Å². The van der Waals surface area contributed by atoms with Crippen LogP contribution in [-0.2, 0) is 17.9 Å². The molecule has 122 valence electrons. The van der Waals surface area contributed by atoms with Gasteiger partial charge in [0.05, 0.1) is 6.33 Å². The second kappa shape index (κ2) is 7.42. The summed E-state index contributed by atoms with van der Waals surface area (Å²) in [6, 6.07) is 8.51. The number of carbonyl (C=O) groups excluding carboxylic acids is 1. The van der Waals surface area contributed by atoms with E-state index in [0.29, 0.717) is 18.9 Å². The van der Waals surface area contributed by atoms with Gasteiger partial charge in [-0.2, -0.15) is 0 Å². The summed E-state index contributed by atoms with van der Waals surface area (Å²) in [5.41, 5.74) is 8.35. The number of amides is 1. The minimum Gasteiger partial charge on any atom is -0.352 e. The summed E-state index contributed by atoms with van der Waals surface area (Å²) in [5, 5.41) is 3.00. The minimum absolute atomic E-state index is 0.106. The molecule has 1 aliphatic carbocycles. The van der Waals surface area contributed by atoms with E-state index in [2.05, 4.69) is 34.6 Å². The van der Waals surface area contributed by atoms with Crippen LogP contribution in [0.2, 0.25) is 0 Å². The first-order valence-corrected chi connectivity index (χ1v) is 8.26. The number of benzene rings is 1. The molecule has 0 radical (unpaired) electrons. The third-order valence-electron chi connectivity index (χ3n) is 4.60. The highest BCUT2D eigenvalue weighted by atomic mass is 16.1. The fourth-order valence-electron chi connectivity index (χ4n) is 3.18. The maximum atomic E-state index is 12.0. The van der Waals surface area contributed by atoms with E-state index in [1.165, 1.54) is 5.56 Å². The third kappa shape index (κ3) is 4.42. The standard InChI is InChI=1S/C18H24N4O/c19-17-3-1-2-16(17)10-18(23)21-11-14-4-6-15(7-5-14)12-22-9-8-20-13-22/h4-9,13,16-17H,1-3,10-12,19H2,(H,21,23)/t16-,17+/m0/s1. The van der Waals surface area contributed by atoms with Gasteiger partial charge in [-0.3, -0.25) is 4.79 Å². The lowest BCUT2D eigenvalue weighted by atomic mass is 10.00. The van der Waals surface area contributed by atoms with Gasteiger partial charge in [-0.15, -0.1) is 0 Å². The minimum atomic E-state index is 0.106. The molecular weight excluding hydrogens is 288 g/mol. The molecule has 1 aliphatic rings. The number of nitrogens with zero attached hydrogens (tertiary/aromatic N) is 2. The van der Waals surface area contributed by atoms with Crippen molar-refractivity contribution < 1.29 is 4.79 Å². The molecule has 2 atom stereocenters. The lowest BCUT2D eigenvalue weighted by Crippen LogP contribution is -2.31. The van der Waals surface area contributed by atoms with Crippen molar-refractivity contribution in [2.24, 2.45) is 11.7 Å². The lowest BCUT2D eigenvalue weighted by molar-refractivity contribution is -0.122. The number of nitrogens with one attached hydrogen (secondary N) is 1. The Morgan fingerprint density at radius 2 is 2.04 bits per heavy atom. The first-order chi connectivity index (χ1) is 11.2. The Balaban J connectivity index is 1.45. The van der Waals surface area contributed by atoms with Crippen LogP contribution in [0.4, 0.5) is 0 Å². The highest BCUT2D eigenvalue weighted by molar-refractivity contribution is 5.76. The smallest absolute Gasteiger partial charge is 0.220 e. The van der Waals surface area contributed by atoms with Crippen LogP contribution in [0.1, 0.15) is 36.8 Å². The van der Waals surface area contributed by atoms with Crippen LogP contribution in [0.15, 0.2) is 43.0 Å². The second-order valence-corrected chi connectivity index (χ2v) is 6.39. The third-order valence-corrected chi connectivity index (χ3v) is 4.60. The van der Waals surface area contributed by atoms with Crippen molar-refractivity contribution >= 4 is 5.91 Å². The number of nitrogens with two attached hydrogens (primary N) is 1. The van der Waals surface area contributed by atoms with Gasteiger partial charge < -0.3 is 15.6 Å². The summed E-state index contributed by atoms with van der Waals surface area (Å²) < 4.78 is 2.03. The van der Waals surface area contributed by atoms with Gasteiger partial charge >= 0.3 is 0 Å². The maximum Gasteiger partial charge on any atom is 0.220 e. The van der Waals surface area contributed by atoms with Crippen LogP contribution >= 0.6 is 0 Å². The van der Waals surface area contributed by atoms with Crippen molar-refractivity contribution in [1.29, 1.82) is 0 Å². The zero-order valence-electron chi connectivity index (χ0n) is 13.3. The summed E-state index contributed by atoms with van der Waals surface area (Å²) in [5.74, 6) is 0.461. The van der Waals surface area contributed by atoms with Gasteiger partial charge in [0.2, 0.25) is 5.91 Å². The normalized spacial score (nSPS) is 20.6. The Bertz CT molecular complexity index is 621. The molecule has 23 heavy (non-hydrogen) atoms. The zero-order chi connectivity index (χ0) is 16.1. The number of hydrogen-bond acceptors (Lipinski definition) is 3. The molecule has 0 bridgehead atoms.